The zero-order chi connectivity index (χ0) is 15.1. The molecule has 0 radical (unpaired) electrons. The Hall–Kier alpha value is -0.770. The Balaban J connectivity index is 1.80. The number of nitrogens with zero attached hydrogens (tertiary/aromatic N) is 1. The smallest absolute Gasteiger partial charge is 0.188 e. The molecule has 4 heteroatoms. The zero-order valence-electron chi connectivity index (χ0n) is 13.8. The fraction of sp³-hybridized carbons (Fsp3) is 0.941. The largest absolute Gasteiger partial charge is 0.378 e. The van der Waals surface area contributed by atoms with Crippen LogP contribution in [0, 0.1) is 11.8 Å². The summed E-state index contributed by atoms with van der Waals surface area (Å²) in [5.41, 5.74) is 6.09. The number of guanidine groups is 1. The van der Waals surface area contributed by atoms with Crippen molar-refractivity contribution in [3.8, 4) is 0 Å². The van der Waals surface area contributed by atoms with Gasteiger partial charge in [0.05, 0.1) is 6.10 Å². The Labute approximate surface area is 129 Å². The van der Waals surface area contributed by atoms with Crippen LogP contribution in [0.25, 0.3) is 0 Å². The lowest BCUT2D eigenvalue weighted by atomic mass is 9.87. The van der Waals surface area contributed by atoms with Crippen molar-refractivity contribution < 1.29 is 4.74 Å². The molecule has 2 aliphatic rings. The standard InChI is InChI=1S/C17H33N3O/c1-13(2)16-14(8-7-11-21-16)12-19-17(18)20-15-9-5-3-4-6-10-15/h13-16H,3-12H2,1-2H3,(H3,18,19,20). The first-order valence-electron chi connectivity index (χ1n) is 8.85. The average Bonchev–Trinajstić information content (AvgIpc) is 2.74. The van der Waals surface area contributed by atoms with Gasteiger partial charge >= 0.3 is 0 Å². The first-order valence-corrected chi connectivity index (χ1v) is 8.85. The van der Waals surface area contributed by atoms with Crippen LogP contribution in [-0.2, 0) is 4.74 Å². The molecular weight excluding hydrogens is 262 g/mol. The summed E-state index contributed by atoms with van der Waals surface area (Å²) >= 11 is 0. The summed E-state index contributed by atoms with van der Waals surface area (Å²) in [6.07, 6.45) is 10.5. The van der Waals surface area contributed by atoms with E-state index in [0.717, 1.165) is 19.6 Å². The van der Waals surface area contributed by atoms with Gasteiger partial charge < -0.3 is 15.8 Å². The average molecular weight is 295 g/mol. The van der Waals surface area contributed by atoms with Gasteiger partial charge in [0.2, 0.25) is 0 Å². The fourth-order valence-corrected chi connectivity index (χ4v) is 3.69. The molecule has 2 fully saturated rings. The van der Waals surface area contributed by atoms with Gasteiger partial charge in [-0.1, -0.05) is 39.5 Å². The highest BCUT2D eigenvalue weighted by Crippen LogP contribution is 2.26. The predicted octanol–water partition coefficient (Wildman–Crippen LogP) is 3.06. The Bertz CT molecular complexity index is 322. The summed E-state index contributed by atoms with van der Waals surface area (Å²) < 4.78 is 5.92. The highest BCUT2D eigenvalue weighted by molar-refractivity contribution is 5.78. The normalized spacial score (nSPS) is 29.4. The van der Waals surface area contributed by atoms with Crippen LogP contribution >= 0.6 is 0 Å². The Kier molecular flexibility index (Phi) is 6.81. The molecule has 2 unspecified atom stereocenters. The molecule has 0 bridgehead atoms. The van der Waals surface area contributed by atoms with Gasteiger partial charge in [0.15, 0.2) is 5.96 Å². The van der Waals surface area contributed by atoms with E-state index in [1.54, 1.807) is 0 Å². The molecule has 122 valence electrons. The van der Waals surface area contributed by atoms with Crippen LogP contribution in [0.1, 0.15) is 65.2 Å². The third-order valence-electron chi connectivity index (χ3n) is 4.85. The maximum atomic E-state index is 6.09. The van der Waals surface area contributed by atoms with Gasteiger partial charge in [-0.2, -0.15) is 0 Å². The van der Waals surface area contributed by atoms with Crippen molar-refractivity contribution in [2.75, 3.05) is 13.2 Å². The quantitative estimate of drug-likeness (QED) is 0.476. The van der Waals surface area contributed by atoms with Crippen LogP contribution in [0.2, 0.25) is 0 Å². The Morgan fingerprint density at radius 1 is 1.14 bits per heavy atom. The first kappa shape index (κ1) is 16.6. The summed E-state index contributed by atoms with van der Waals surface area (Å²) in [6, 6.07) is 0.528. The highest BCUT2D eigenvalue weighted by Gasteiger charge is 2.28. The molecule has 2 rings (SSSR count). The van der Waals surface area contributed by atoms with Crippen LogP contribution < -0.4 is 11.1 Å². The van der Waals surface area contributed by atoms with Crippen LogP contribution in [-0.4, -0.2) is 31.3 Å². The van der Waals surface area contributed by atoms with Crippen molar-refractivity contribution in [3.05, 3.63) is 0 Å². The van der Waals surface area contributed by atoms with Crippen LogP contribution in [0.3, 0.4) is 0 Å². The topological polar surface area (TPSA) is 59.6 Å². The summed E-state index contributed by atoms with van der Waals surface area (Å²) in [4.78, 5) is 4.61. The van der Waals surface area contributed by atoms with Crippen molar-refractivity contribution in [2.24, 2.45) is 22.6 Å². The molecule has 3 N–H and O–H groups in total. The SMILES string of the molecule is CC(C)C1OCCCC1CN=C(N)NC1CCCCCC1. The number of hydrogen-bond donors (Lipinski definition) is 2. The van der Waals surface area contributed by atoms with Crippen LogP contribution in [0.4, 0.5) is 0 Å². The number of hydrogen-bond acceptors (Lipinski definition) is 2. The minimum Gasteiger partial charge on any atom is -0.378 e. The maximum Gasteiger partial charge on any atom is 0.188 e. The number of nitrogens with two attached hydrogens (primary N) is 1. The van der Waals surface area contributed by atoms with E-state index in [2.05, 4.69) is 24.2 Å². The van der Waals surface area contributed by atoms with Gasteiger partial charge in [0.25, 0.3) is 0 Å². The lowest BCUT2D eigenvalue weighted by molar-refractivity contribution is -0.0491. The van der Waals surface area contributed by atoms with E-state index in [0.29, 0.717) is 29.9 Å². The highest BCUT2D eigenvalue weighted by atomic mass is 16.5. The lowest BCUT2D eigenvalue weighted by Gasteiger charge is -2.33. The second kappa shape index (κ2) is 8.62. The van der Waals surface area contributed by atoms with E-state index in [1.807, 2.05) is 0 Å². The van der Waals surface area contributed by atoms with Crippen molar-refractivity contribution in [1.29, 1.82) is 0 Å². The molecule has 0 aromatic carbocycles. The minimum absolute atomic E-state index is 0.341. The summed E-state index contributed by atoms with van der Waals surface area (Å²) in [7, 11) is 0. The Morgan fingerprint density at radius 2 is 1.86 bits per heavy atom. The molecule has 2 atom stereocenters. The summed E-state index contributed by atoms with van der Waals surface area (Å²) in [6.45, 7) is 6.17. The summed E-state index contributed by atoms with van der Waals surface area (Å²) in [5, 5.41) is 3.43. The number of nitrogens with one attached hydrogen (secondary N) is 1. The van der Waals surface area contributed by atoms with Gasteiger partial charge in [0, 0.05) is 25.1 Å². The molecule has 1 aliphatic heterocycles. The molecule has 1 saturated carbocycles. The van der Waals surface area contributed by atoms with Gasteiger partial charge in [-0.15, -0.1) is 0 Å². The second-order valence-corrected chi connectivity index (χ2v) is 7.04. The molecule has 0 spiro atoms. The van der Waals surface area contributed by atoms with Gasteiger partial charge in [-0.05, 0) is 31.6 Å². The molecule has 1 heterocycles. The van der Waals surface area contributed by atoms with E-state index < -0.39 is 0 Å². The third kappa shape index (κ3) is 5.50. The summed E-state index contributed by atoms with van der Waals surface area (Å²) in [5.74, 6) is 1.71. The zero-order valence-corrected chi connectivity index (χ0v) is 13.8. The van der Waals surface area contributed by atoms with Crippen molar-refractivity contribution in [3.63, 3.8) is 0 Å². The second-order valence-electron chi connectivity index (χ2n) is 7.04. The molecule has 21 heavy (non-hydrogen) atoms. The number of rotatable bonds is 4. The molecular formula is C17H33N3O. The van der Waals surface area contributed by atoms with E-state index in [1.165, 1.54) is 44.9 Å². The maximum absolute atomic E-state index is 6.09. The molecule has 0 aromatic heterocycles. The predicted molar refractivity (Wildman–Crippen MR) is 88.4 cm³/mol. The monoisotopic (exact) mass is 295 g/mol. The first-order chi connectivity index (χ1) is 10.2. The van der Waals surface area contributed by atoms with Gasteiger partial charge in [0.1, 0.15) is 0 Å². The molecule has 0 amide bonds. The van der Waals surface area contributed by atoms with Crippen LogP contribution in [0.5, 0.6) is 0 Å². The van der Waals surface area contributed by atoms with Crippen LogP contribution in [0.15, 0.2) is 4.99 Å². The number of aliphatic imine (C=N–C) groups is 1. The van der Waals surface area contributed by atoms with Crippen molar-refractivity contribution in [2.45, 2.75) is 77.4 Å². The van der Waals surface area contributed by atoms with E-state index in [-0.39, 0.29) is 0 Å². The Morgan fingerprint density at radius 3 is 2.52 bits per heavy atom. The van der Waals surface area contributed by atoms with Gasteiger partial charge in [-0.3, -0.25) is 4.99 Å². The van der Waals surface area contributed by atoms with E-state index in [9.17, 15) is 0 Å². The lowest BCUT2D eigenvalue weighted by Crippen LogP contribution is -2.41. The molecule has 0 aromatic rings. The van der Waals surface area contributed by atoms with Crippen molar-refractivity contribution in [1.82, 2.24) is 5.32 Å². The van der Waals surface area contributed by atoms with Gasteiger partial charge in [-0.25, -0.2) is 0 Å². The molecule has 1 aliphatic carbocycles. The fourth-order valence-electron chi connectivity index (χ4n) is 3.69. The molecule has 4 nitrogen and oxygen atoms in total. The van der Waals surface area contributed by atoms with Crippen molar-refractivity contribution >= 4 is 5.96 Å². The third-order valence-corrected chi connectivity index (χ3v) is 4.85. The molecule has 1 saturated heterocycles. The van der Waals surface area contributed by atoms with E-state index in [4.69, 9.17) is 10.5 Å². The number of ether oxygens (including phenoxy) is 1. The van der Waals surface area contributed by atoms with E-state index >= 15 is 0 Å². The minimum atomic E-state index is 0.341.